The van der Waals surface area contributed by atoms with E-state index in [0.29, 0.717) is 25.1 Å². The lowest BCUT2D eigenvalue weighted by Gasteiger charge is -2.06. The lowest BCUT2D eigenvalue weighted by atomic mass is 9.99. The fraction of sp³-hybridized carbons (Fsp3) is 0.220. The van der Waals surface area contributed by atoms with Crippen molar-refractivity contribution in [3.05, 3.63) is 137 Å². The number of carboxylic acid groups (broad SMARTS) is 1. The van der Waals surface area contributed by atoms with Crippen LogP contribution < -0.4 is 10.6 Å². The van der Waals surface area contributed by atoms with Crippen LogP contribution in [-0.4, -0.2) is 51.9 Å². The molecule has 0 bridgehead atoms. The minimum absolute atomic E-state index is 0.206. The zero-order valence-electron chi connectivity index (χ0n) is 28.4. The Balaban J connectivity index is 1.22. The van der Waals surface area contributed by atoms with Gasteiger partial charge in [-0.25, -0.2) is 14.2 Å². The SMILES string of the molecule is CCCCNc1ccc(-c2nc(C3=CC=C(/C=C/C(=O)NCCc4ccc(F)cc4)C=CC3)c(-c3ccc(C4=NOC(C(=O)O)C4)cc3)[nH]2)cc1. The predicted octanol–water partition coefficient (Wildman–Crippen LogP) is 7.86. The van der Waals surface area contributed by atoms with Gasteiger partial charge in [0.15, 0.2) is 0 Å². The van der Waals surface area contributed by atoms with Crippen LogP contribution in [0.4, 0.5) is 10.1 Å². The average molecular weight is 686 g/mol. The van der Waals surface area contributed by atoms with Crippen molar-refractivity contribution in [1.29, 1.82) is 0 Å². The fourth-order valence-corrected chi connectivity index (χ4v) is 5.76. The maximum absolute atomic E-state index is 13.2. The first-order valence-electron chi connectivity index (χ1n) is 17.1. The molecule has 0 saturated heterocycles. The van der Waals surface area contributed by atoms with E-state index in [1.54, 1.807) is 18.2 Å². The van der Waals surface area contributed by atoms with Crippen molar-refractivity contribution in [3.63, 3.8) is 0 Å². The number of aliphatic carboxylic acids is 1. The van der Waals surface area contributed by atoms with Crippen LogP contribution in [-0.2, 0) is 20.8 Å². The molecule has 9 nitrogen and oxygen atoms in total. The molecule has 3 aromatic carbocycles. The molecule has 0 radical (unpaired) electrons. The van der Waals surface area contributed by atoms with Crippen LogP contribution in [0.25, 0.3) is 28.2 Å². The number of carbonyl (C=O) groups excluding carboxylic acids is 1. The number of nitrogens with zero attached hydrogens (tertiary/aromatic N) is 2. The van der Waals surface area contributed by atoms with Crippen LogP contribution >= 0.6 is 0 Å². The van der Waals surface area contributed by atoms with Crippen LogP contribution in [0, 0.1) is 5.82 Å². The average Bonchev–Trinajstić information content (AvgIpc) is 3.76. The second-order valence-electron chi connectivity index (χ2n) is 12.4. The molecule has 10 heteroatoms. The second-order valence-corrected chi connectivity index (χ2v) is 12.4. The number of aromatic amines is 1. The maximum atomic E-state index is 13.2. The molecule has 0 fully saturated rings. The first-order chi connectivity index (χ1) is 24.9. The van der Waals surface area contributed by atoms with Crippen LogP contribution in [0.5, 0.6) is 0 Å². The van der Waals surface area contributed by atoms with Gasteiger partial charge in [0.25, 0.3) is 0 Å². The normalized spacial score (nSPS) is 15.5. The quantitative estimate of drug-likeness (QED) is 0.0791. The van der Waals surface area contributed by atoms with Crippen LogP contribution in [0.15, 0.2) is 120 Å². The number of imidazole rings is 1. The van der Waals surface area contributed by atoms with E-state index in [0.717, 1.165) is 75.7 Å². The molecule has 0 spiro atoms. The van der Waals surface area contributed by atoms with E-state index in [1.165, 1.54) is 18.2 Å². The molecule has 0 saturated carbocycles. The first-order valence-corrected chi connectivity index (χ1v) is 17.1. The largest absolute Gasteiger partial charge is 0.478 e. The van der Waals surface area contributed by atoms with Crippen molar-refractivity contribution in [2.24, 2.45) is 5.16 Å². The van der Waals surface area contributed by atoms with E-state index in [4.69, 9.17) is 9.82 Å². The van der Waals surface area contributed by atoms with Gasteiger partial charge in [-0.3, -0.25) is 4.79 Å². The lowest BCUT2D eigenvalue weighted by molar-refractivity contribution is -0.148. The number of anilines is 1. The molecule has 2 aliphatic rings. The number of unbranched alkanes of at least 4 members (excludes halogenated alkanes) is 1. The summed E-state index contributed by atoms with van der Waals surface area (Å²) in [5.74, 6) is -0.791. The predicted molar refractivity (Wildman–Crippen MR) is 199 cm³/mol. The zero-order valence-corrected chi connectivity index (χ0v) is 28.4. The van der Waals surface area contributed by atoms with E-state index >= 15 is 0 Å². The molecule has 1 aliphatic carbocycles. The number of allylic oxidation sites excluding steroid dienone is 7. The van der Waals surface area contributed by atoms with Crippen molar-refractivity contribution in [1.82, 2.24) is 15.3 Å². The van der Waals surface area contributed by atoms with E-state index in [2.05, 4.69) is 58.0 Å². The van der Waals surface area contributed by atoms with Gasteiger partial charge in [0.1, 0.15) is 11.6 Å². The third-order valence-corrected chi connectivity index (χ3v) is 8.66. The number of hydrogen-bond donors (Lipinski definition) is 4. The molecule has 1 atom stereocenters. The Bertz CT molecular complexity index is 2010. The summed E-state index contributed by atoms with van der Waals surface area (Å²) in [6.07, 6.45) is 14.0. The van der Waals surface area contributed by atoms with Gasteiger partial charge in [-0.15, -0.1) is 0 Å². The number of H-pyrrole nitrogens is 1. The Morgan fingerprint density at radius 2 is 1.73 bits per heavy atom. The molecule has 4 N–H and O–H groups in total. The number of aromatic nitrogens is 2. The molecule has 6 rings (SSSR count). The molecular weight excluding hydrogens is 645 g/mol. The van der Waals surface area contributed by atoms with Crippen molar-refractivity contribution < 1.29 is 23.9 Å². The number of amides is 1. The van der Waals surface area contributed by atoms with Gasteiger partial charge in [-0.05, 0) is 84.0 Å². The Labute approximate surface area is 296 Å². The first kappa shape index (κ1) is 34.8. The summed E-state index contributed by atoms with van der Waals surface area (Å²) < 4.78 is 13.2. The molecule has 4 aromatic rings. The number of rotatable bonds is 14. The van der Waals surface area contributed by atoms with Crippen LogP contribution in [0.1, 0.15) is 49.4 Å². The summed E-state index contributed by atoms with van der Waals surface area (Å²) in [5, 5.41) is 19.6. The molecule has 2 heterocycles. The highest BCUT2D eigenvalue weighted by molar-refractivity contribution is 6.03. The summed E-state index contributed by atoms with van der Waals surface area (Å²) in [7, 11) is 0. The van der Waals surface area contributed by atoms with Crippen molar-refractivity contribution in [2.75, 3.05) is 18.4 Å². The molecule has 1 aliphatic heterocycles. The number of oxime groups is 1. The van der Waals surface area contributed by atoms with E-state index in [-0.39, 0.29) is 18.1 Å². The highest BCUT2D eigenvalue weighted by atomic mass is 19.1. The third kappa shape index (κ3) is 9.16. The summed E-state index contributed by atoms with van der Waals surface area (Å²) >= 11 is 0. The van der Waals surface area contributed by atoms with Gasteiger partial charge in [0, 0.05) is 42.4 Å². The minimum Gasteiger partial charge on any atom is -0.478 e. The Hall–Kier alpha value is -6.03. The Morgan fingerprint density at radius 1 is 0.980 bits per heavy atom. The number of nitrogens with one attached hydrogen (secondary N) is 3. The summed E-state index contributed by atoms with van der Waals surface area (Å²) in [6, 6.07) is 22.3. The lowest BCUT2D eigenvalue weighted by Crippen LogP contribution is -2.23. The topological polar surface area (TPSA) is 129 Å². The van der Waals surface area contributed by atoms with E-state index in [9.17, 15) is 19.1 Å². The highest BCUT2D eigenvalue weighted by Crippen LogP contribution is 2.34. The summed E-state index contributed by atoms with van der Waals surface area (Å²) in [5.41, 5.74) is 8.78. The summed E-state index contributed by atoms with van der Waals surface area (Å²) in [6.45, 7) is 3.54. The van der Waals surface area contributed by atoms with Gasteiger partial charge >= 0.3 is 5.97 Å². The number of halogens is 1. The molecule has 260 valence electrons. The third-order valence-electron chi connectivity index (χ3n) is 8.66. The number of carboxylic acids is 1. The van der Waals surface area contributed by atoms with Crippen molar-refractivity contribution in [3.8, 4) is 22.6 Å². The standard InChI is InChI=1S/C41H40FN5O4/c1-2-3-24-43-34-20-16-32(17-21-34)40-45-38(39(46-40)31-14-12-29(13-15-31)35-26-36(41(49)50)51-47-35)30-6-4-5-27(7-11-30)10-22-37(48)44-25-23-28-8-18-33(42)19-9-28/h4-5,7-22,36,43H,2-3,6,23-26H2,1H3,(H,44,48)(H,45,46)(H,49,50)/b22-10+. The van der Waals surface area contributed by atoms with Crippen LogP contribution in [0.2, 0.25) is 0 Å². The molecule has 1 amide bonds. The number of carbonyl (C=O) groups is 2. The zero-order chi connectivity index (χ0) is 35.6. The van der Waals surface area contributed by atoms with E-state index < -0.39 is 12.1 Å². The Morgan fingerprint density at radius 3 is 2.45 bits per heavy atom. The molecule has 1 unspecified atom stereocenters. The van der Waals surface area contributed by atoms with Crippen molar-refractivity contribution >= 4 is 28.8 Å². The van der Waals surface area contributed by atoms with Gasteiger partial charge in [-0.2, -0.15) is 0 Å². The minimum atomic E-state index is -1.04. The molecule has 51 heavy (non-hydrogen) atoms. The van der Waals surface area contributed by atoms with Gasteiger partial charge in [0.2, 0.25) is 12.0 Å². The second kappa shape index (κ2) is 16.6. The molecular formula is C41H40FN5O4. The molecule has 1 aromatic heterocycles. The number of hydrogen-bond acceptors (Lipinski definition) is 6. The monoisotopic (exact) mass is 685 g/mol. The number of benzene rings is 3. The fourth-order valence-electron chi connectivity index (χ4n) is 5.76. The van der Waals surface area contributed by atoms with Gasteiger partial charge in [-0.1, -0.05) is 79.2 Å². The summed E-state index contributed by atoms with van der Waals surface area (Å²) in [4.78, 5) is 37.6. The van der Waals surface area contributed by atoms with Crippen LogP contribution in [0.3, 0.4) is 0 Å². The van der Waals surface area contributed by atoms with Crippen molar-refractivity contribution in [2.45, 2.75) is 45.1 Å². The highest BCUT2D eigenvalue weighted by Gasteiger charge is 2.28. The Kier molecular flexibility index (Phi) is 11.3. The van der Waals surface area contributed by atoms with Gasteiger partial charge < -0.3 is 25.6 Å². The van der Waals surface area contributed by atoms with E-state index in [1.807, 2.05) is 42.5 Å². The maximum Gasteiger partial charge on any atom is 0.348 e. The van der Waals surface area contributed by atoms with Gasteiger partial charge in [0.05, 0.1) is 17.1 Å². The smallest absolute Gasteiger partial charge is 0.348 e.